The first-order chi connectivity index (χ1) is 13.9. The molecule has 1 aliphatic rings. The number of halogens is 1. The Balaban J connectivity index is 1.49. The Morgan fingerprint density at radius 2 is 1.93 bits per heavy atom. The number of aromatic nitrogens is 1. The summed E-state index contributed by atoms with van der Waals surface area (Å²) in [6.45, 7) is 8.58. The smallest absolute Gasteiger partial charge is 0.272 e. The highest BCUT2D eigenvalue weighted by atomic mass is 19.1. The Kier molecular flexibility index (Phi) is 5.31. The summed E-state index contributed by atoms with van der Waals surface area (Å²) in [4.78, 5) is 18.2. The highest BCUT2D eigenvalue weighted by Gasteiger charge is 2.22. The maximum absolute atomic E-state index is 14.0. The molecule has 0 bridgehead atoms. The zero-order chi connectivity index (χ0) is 20.5. The Bertz CT molecular complexity index is 993. The molecule has 0 atom stereocenters. The van der Waals surface area contributed by atoms with Crippen LogP contribution >= 0.6 is 0 Å². The molecular weight excluding hydrogens is 365 g/mol. The molecule has 1 amide bonds. The standard InChI is InChI=1S/C24H28FN3O/c1-15(2)17-9-11-28(12-10-17)19-6-4-5-18(13-19)26-24(29)22-14-20-21(25)8-7-16(3)23(20)27-22/h4-8,13-15,17,27H,9-12H2,1-3H3,(H,26,29). The van der Waals surface area contributed by atoms with Crippen molar-refractivity contribution < 1.29 is 9.18 Å². The Morgan fingerprint density at radius 1 is 1.17 bits per heavy atom. The number of benzene rings is 2. The molecule has 0 spiro atoms. The Hall–Kier alpha value is -2.82. The van der Waals surface area contributed by atoms with E-state index in [1.54, 1.807) is 12.1 Å². The van der Waals surface area contributed by atoms with Crippen molar-refractivity contribution in [3.8, 4) is 0 Å². The van der Waals surface area contributed by atoms with Crippen LogP contribution in [0.5, 0.6) is 0 Å². The van der Waals surface area contributed by atoms with Gasteiger partial charge in [0.25, 0.3) is 5.91 Å². The van der Waals surface area contributed by atoms with Crippen LogP contribution < -0.4 is 10.2 Å². The highest BCUT2D eigenvalue weighted by Crippen LogP contribution is 2.29. The molecule has 29 heavy (non-hydrogen) atoms. The van der Waals surface area contributed by atoms with Crippen molar-refractivity contribution in [3.05, 3.63) is 59.5 Å². The average Bonchev–Trinajstić information content (AvgIpc) is 3.18. The van der Waals surface area contributed by atoms with E-state index in [1.165, 1.54) is 18.9 Å². The van der Waals surface area contributed by atoms with Gasteiger partial charge in [0.05, 0.1) is 5.52 Å². The van der Waals surface area contributed by atoms with Crippen LogP contribution in [0.3, 0.4) is 0 Å². The lowest BCUT2D eigenvalue weighted by Crippen LogP contribution is -2.35. The predicted octanol–water partition coefficient (Wildman–Crippen LogP) is 5.74. The summed E-state index contributed by atoms with van der Waals surface area (Å²) < 4.78 is 14.0. The van der Waals surface area contributed by atoms with Crippen LogP contribution in [0, 0.1) is 24.6 Å². The van der Waals surface area contributed by atoms with E-state index < -0.39 is 0 Å². The molecule has 1 fully saturated rings. The van der Waals surface area contributed by atoms with Gasteiger partial charge >= 0.3 is 0 Å². The second kappa shape index (κ2) is 7.90. The third-order valence-corrected chi connectivity index (χ3v) is 6.15. The zero-order valence-corrected chi connectivity index (χ0v) is 17.3. The lowest BCUT2D eigenvalue weighted by molar-refractivity contribution is 0.102. The third-order valence-electron chi connectivity index (χ3n) is 6.15. The number of nitrogens with one attached hydrogen (secondary N) is 2. The fraction of sp³-hybridized carbons (Fsp3) is 0.375. The number of hydrogen-bond donors (Lipinski definition) is 2. The van der Waals surface area contributed by atoms with Crippen molar-refractivity contribution in [3.63, 3.8) is 0 Å². The van der Waals surface area contributed by atoms with E-state index in [-0.39, 0.29) is 11.7 Å². The molecule has 0 unspecified atom stereocenters. The largest absolute Gasteiger partial charge is 0.371 e. The van der Waals surface area contributed by atoms with E-state index in [9.17, 15) is 9.18 Å². The van der Waals surface area contributed by atoms with Gasteiger partial charge in [-0.25, -0.2) is 4.39 Å². The maximum atomic E-state index is 14.0. The molecule has 0 saturated carbocycles. The quantitative estimate of drug-likeness (QED) is 0.594. The summed E-state index contributed by atoms with van der Waals surface area (Å²) in [6, 6.07) is 12.7. The fourth-order valence-corrected chi connectivity index (χ4v) is 4.25. The van der Waals surface area contributed by atoms with Crippen molar-refractivity contribution in [2.24, 2.45) is 11.8 Å². The van der Waals surface area contributed by atoms with Gasteiger partial charge in [-0.1, -0.05) is 26.0 Å². The van der Waals surface area contributed by atoms with Crippen LogP contribution in [-0.2, 0) is 0 Å². The molecule has 4 nitrogen and oxygen atoms in total. The van der Waals surface area contributed by atoms with Crippen molar-refractivity contribution in [2.75, 3.05) is 23.3 Å². The van der Waals surface area contributed by atoms with Crippen LogP contribution in [0.1, 0.15) is 42.7 Å². The molecule has 2 heterocycles. The van der Waals surface area contributed by atoms with Gasteiger partial charge in [-0.05, 0) is 67.5 Å². The van der Waals surface area contributed by atoms with Crippen LogP contribution in [0.4, 0.5) is 15.8 Å². The fourth-order valence-electron chi connectivity index (χ4n) is 4.25. The minimum absolute atomic E-state index is 0.268. The second-order valence-corrected chi connectivity index (χ2v) is 8.41. The highest BCUT2D eigenvalue weighted by molar-refractivity contribution is 6.06. The van der Waals surface area contributed by atoms with E-state index in [2.05, 4.69) is 35.1 Å². The number of aryl methyl sites for hydroxylation is 1. The van der Waals surface area contributed by atoms with Gasteiger partial charge < -0.3 is 15.2 Å². The first-order valence-electron chi connectivity index (χ1n) is 10.4. The second-order valence-electron chi connectivity index (χ2n) is 8.41. The lowest BCUT2D eigenvalue weighted by Gasteiger charge is -2.35. The Morgan fingerprint density at radius 3 is 2.62 bits per heavy atom. The summed E-state index contributed by atoms with van der Waals surface area (Å²) in [7, 11) is 0. The van der Waals surface area contributed by atoms with Crippen molar-refractivity contribution >= 4 is 28.2 Å². The molecule has 5 heteroatoms. The molecule has 1 aliphatic heterocycles. The monoisotopic (exact) mass is 393 g/mol. The van der Waals surface area contributed by atoms with Gasteiger partial charge in [0.15, 0.2) is 0 Å². The molecule has 2 N–H and O–H groups in total. The van der Waals surface area contributed by atoms with Gasteiger partial charge in [0.1, 0.15) is 11.5 Å². The normalized spacial score (nSPS) is 15.3. The number of H-pyrrole nitrogens is 1. The van der Waals surface area contributed by atoms with Gasteiger partial charge in [-0.2, -0.15) is 0 Å². The van der Waals surface area contributed by atoms with Gasteiger partial charge in [0.2, 0.25) is 0 Å². The minimum Gasteiger partial charge on any atom is -0.371 e. The molecule has 4 rings (SSSR count). The number of fused-ring (bicyclic) bond motifs is 1. The molecule has 0 radical (unpaired) electrons. The van der Waals surface area contributed by atoms with Crippen LogP contribution in [0.25, 0.3) is 10.9 Å². The van der Waals surface area contributed by atoms with Gasteiger partial charge in [-0.3, -0.25) is 4.79 Å². The van der Waals surface area contributed by atoms with Gasteiger partial charge in [-0.15, -0.1) is 0 Å². The van der Waals surface area contributed by atoms with Crippen LogP contribution in [0.15, 0.2) is 42.5 Å². The first kappa shape index (κ1) is 19.5. The Labute approximate surface area is 171 Å². The van der Waals surface area contributed by atoms with E-state index >= 15 is 0 Å². The summed E-state index contributed by atoms with van der Waals surface area (Å²) in [5.41, 5.74) is 3.80. The number of aromatic amines is 1. The number of amides is 1. The first-order valence-corrected chi connectivity index (χ1v) is 10.4. The number of rotatable bonds is 4. The number of carbonyl (C=O) groups is 1. The van der Waals surface area contributed by atoms with Crippen molar-refractivity contribution in [2.45, 2.75) is 33.6 Å². The number of piperidine rings is 1. The topological polar surface area (TPSA) is 48.1 Å². The number of anilines is 2. The lowest BCUT2D eigenvalue weighted by atomic mass is 9.86. The molecule has 2 aromatic carbocycles. The maximum Gasteiger partial charge on any atom is 0.272 e. The molecule has 0 aliphatic carbocycles. The predicted molar refractivity (Wildman–Crippen MR) is 117 cm³/mol. The number of nitrogens with zero attached hydrogens (tertiary/aromatic N) is 1. The number of carbonyl (C=O) groups excluding carboxylic acids is 1. The summed E-state index contributed by atoms with van der Waals surface area (Å²) in [5.74, 6) is 0.927. The van der Waals surface area contributed by atoms with E-state index in [0.29, 0.717) is 16.6 Å². The molecule has 152 valence electrons. The molecular formula is C24H28FN3O. The van der Waals surface area contributed by atoms with E-state index in [1.807, 2.05) is 25.1 Å². The van der Waals surface area contributed by atoms with Crippen molar-refractivity contribution in [1.82, 2.24) is 4.98 Å². The zero-order valence-electron chi connectivity index (χ0n) is 17.3. The summed E-state index contributed by atoms with van der Waals surface area (Å²) in [5, 5.41) is 3.39. The minimum atomic E-state index is -0.326. The molecule has 1 aromatic heterocycles. The van der Waals surface area contributed by atoms with Crippen LogP contribution in [-0.4, -0.2) is 24.0 Å². The SMILES string of the molecule is Cc1ccc(F)c2cc(C(=O)Nc3cccc(N4CCC(C(C)C)CC4)c3)[nH]c12. The van der Waals surface area contributed by atoms with Crippen LogP contribution in [0.2, 0.25) is 0 Å². The van der Waals surface area contributed by atoms with Crippen molar-refractivity contribution in [1.29, 1.82) is 0 Å². The summed E-state index contributed by atoms with van der Waals surface area (Å²) >= 11 is 0. The molecule has 1 saturated heterocycles. The van der Waals surface area contributed by atoms with E-state index in [4.69, 9.17) is 0 Å². The average molecular weight is 394 g/mol. The third kappa shape index (κ3) is 4.00. The number of hydrogen-bond acceptors (Lipinski definition) is 2. The van der Waals surface area contributed by atoms with E-state index in [0.717, 1.165) is 41.9 Å². The summed E-state index contributed by atoms with van der Waals surface area (Å²) in [6.07, 6.45) is 2.41. The molecule has 3 aromatic rings. The van der Waals surface area contributed by atoms with Gasteiger partial charge in [0, 0.05) is 29.9 Å².